The van der Waals surface area contributed by atoms with Crippen molar-refractivity contribution >= 4 is 21.8 Å². The highest BCUT2D eigenvalue weighted by Crippen LogP contribution is 2.21. The summed E-state index contributed by atoms with van der Waals surface area (Å²) >= 11 is 0. The maximum absolute atomic E-state index is 13.6. The zero-order valence-electron chi connectivity index (χ0n) is 22.7. The lowest BCUT2D eigenvalue weighted by molar-refractivity contribution is -0.142. The predicted octanol–water partition coefficient (Wildman–Crippen LogP) is 1.83. The van der Waals surface area contributed by atoms with Crippen LogP contribution in [-0.4, -0.2) is 86.6 Å². The lowest BCUT2D eigenvalue weighted by Crippen LogP contribution is -2.52. The number of carbonyl (C=O) groups is 2. The molecule has 0 spiro atoms. The molecule has 0 aliphatic carbocycles. The summed E-state index contributed by atoms with van der Waals surface area (Å²) in [5, 5.41) is 12.0. The Bertz CT molecular complexity index is 1360. The summed E-state index contributed by atoms with van der Waals surface area (Å²) in [6, 6.07) is 23.8. The van der Waals surface area contributed by atoms with Crippen LogP contribution < -0.4 is 10.1 Å². The molecule has 4 rings (SSSR count). The SMILES string of the molecule is O=C(NCCO)[C@@H](Cc1ccccc1)N(Cc1ccccc1)C(=O)COc1ccc(S(=O)(=O)N2CCOCC2)cc1. The molecule has 1 atom stereocenters. The van der Waals surface area contributed by atoms with Crippen LogP contribution >= 0.6 is 0 Å². The van der Waals surface area contributed by atoms with E-state index in [0.29, 0.717) is 32.1 Å². The van der Waals surface area contributed by atoms with Crippen LogP contribution in [0.3, 0.4) is 0 Å². The van der Waals surface area contributed by atoms with E-state index >= 15 is 0 Å². The first-order valence-electron chi connectivity index (χ1n) is 13.4. The Labute approximate surface area is 240 Å². The van der Waals surface area contributed by atoms with E-state index in [1.54, 1.807) is 0 Å². The normalized spacial score (nSPS) is 14.7. The summed E-state index contributed by atoms with van der Waals surface area (Å²) in [6.45, 7) is 0.941. The third-order valence-corrected chi connectivity index (χ3v) is 8.58. The molecule has 11 heteroatoms. The van der Waals surface area contributed by atoms with Crippen molar-refractivity contribution in [1.82, 2.24) is 14.5 Å². The van der Waals surface area contributed by atoms with Gasteiger partial charge in [-0.25, -0.2) is 8.42 Å². The van der Waals surface area contributed by atoms with E-state index in [-0.39, 0.29) is 43.5 Å². The average Bonchev–Trinajstić information content (AvgIpc) is 3.02. The van der Waals surface area contributed by atoms with E-state index in [1.165, 1.54) is 33.5 Å². The summed E-state index contributed by atoms with van der Waals surface area (Å²) < 4.78 is 38.2. The number of nitrogens with one attached hydrogen (secondary N) is 1. The second-order valence-corrected chi connectivity index (χ2v) is 11.4. The van der Waals surface area contributed by atoms with E-state index in [2.05, 4.69) is 5.32 Å². The minimum Gasteiger partial charge on any atom is -0.484 e. The highest BCUT2D eigenvalue weighted by molar-refractivity contribution is 7.89. The second-order valence-electron chi connectivity index (χ2n) is 9.50. The van der Waals surface area contributed by atoms with E-state index in [1.807, 2.05) is 60.7 Å². The third kappa shape index (κ3) is 8.37. The molecule has 1 aliphatic rings. The van der Waals surface area contributed by atoms with Crippen molar-refractivity contribution in [3.63, 3.8) is 0 Å². The van der Waals surface area contributed by atoms with Crippen LogP contribution in [-0.2, 0) is 37.3 Å². The quantitative estimate of drug-likeness (QED) is 0.316. The summed E-state index contributed by atoms with van der Waals surface area (Å²) in [7, 11) is -3.66. The Morgan fingerprint density at radius 3 is 2.15 bits per heavy atom. The van der Waals surface area contributed by atoms with Gasteiger partial charge in [0.05, 0.1) is 24.7 Å². The molecule has 3 aromatic carbocycles. The van der Waals surface area contributed by atoms with Gasteiger partial charge in [-0.2, -0.15) is 4.31 Å². The molecule has 1 aliphatic heterocycles. The van der Waals surface area contributed by atoms with Crippen LogP contribution in [0, 0.1) is 0 Å². The smallest absolute Gasteiger partial charge is 0.261 e. The number of amides is 2. The molecule has 41 heavy (non-hydrogen) atoms. The Hall–Kier alpha value is -3.77. The van der Waals surface area contributed by atoms with Gasteiger partial charge in [-0.1, -0.05) is 60.7 Å². The molecule has 10 nitrogen and oxygen atoms in total. The van der Waals surface area contributed by atoms with Gasteiger partial charge in [0.15, 0.2) is 6.61 Å². The van der Waals surface area contributed by atoms with Crippen molar-refractivity contribution in [3.05, 3.63) is 96.1 Å². The van der Waals surface area contributed by atoms with Crippen molar-refractivity contribution in [2.24, 2.45) is 0 Å². The van der Waals surface area contributed by atoms with Gasteiger partial charge in [0, 0.05) is 32.6 Å². The van der Waals surface area contributed by atoms with Gasteiger partial charge in [-0.15, -0.1) is 0 Å². The van der Waals surface area contributed by atoms with Crippen LogP contribution in [0.2, 0.25) is 0 Å². The topological polar surface area (TPSA) is 125 Å². The van der Waals surface area contributed by atoms with E-state index < -0.39 is 22.0 Å². The lowest BCUT2D eigenvalue weighted by atomic mass is 10.0. The third-order valence-electron chi connectivity index (χ3n) is 6.67. The number of benzene rings is 3. The van der Waals surface area contributed by atoms with Crippen molar-refractivity contribution < 1.29 is 32.6 Å². The van der Waals surface area contributed by atoms with E-state index in [0.717, 1.165) is 11.1 Å². The van der Waals surface area contributed by atoms with Gasteiger partial charge in [-0.3, -0.25) is 9.59 Å². The minimum atomic E-state index is -3.66. The predicted molar refractivity (Wildman–Crippen MR) is 153 cm³/mol. The van der Waals surface area contributed by atoms with Crippen molar-refractivity contribution in [1.29, 1.82) is 0 Å². The molecule has 0 radical (unpaired) electrons. The number of aliphatic hydroxyl groups excluding tert-OH is 1. The fourth-order valence-corrected chi connectivity index (χ4v) is 5.91. The number of carbonyl (C=O) groups excluding carboxylic acids is 2. The molecule has 2 N–H and O–H groups in total. The monoisotopic (exact) mass is 581 g/mol. The fourth-order valence-electron chi connectivity index (χ4n) is 4.50. The summed E-state index contributed by atoms with van der Waals surface area (Å²) in [4.78, 5) is 28.5. The van der Waals surface area contributed by atoms with E-state index in [9.17, 15) is 23.1 Å². The van der Waals surface area contributed by atoms with Crippen molar-refractivity contribution in [2.45, 2.75) is 23.9 Å². The first-order chi connectivity index (χ1) is 19.9. The Kier molecular flexibility index (Phi) is 10.9. The van der Waals surface area contributed by atoms with Gasteiger partial charge >= 0.3 is 0 Å². The first-order valence-corrected chi connectivity index (χ1v) is 14.9. The van der Waals surface area contributed by atoms with Gasteiger partial charge in [0.2, 0.25) is 15.9 Å². The molecule has 0 unspecified atom stereocenters. The molecule has 218 valence electrons. The molecule has 0 bridgehead atoms. The molecule has 3 aromatic rings. The number of nitrogens with zero attached hydrogens (tertiary/aromatic N) is 2. The first kappa shape index (κ1) is 30.2. The molecular weight excluding hydrogens is 546 g/mol. The maximum Gasteiger partial charge on any atom is 0.261 e. The summed E-state index contributed by atoms with van der Waals surface area (Å²) in [5.41, 5.74) is 1.71. The fraction of sp³-hybridized carbons (Fsp3) is 0.333. The number of aliphatic hydroxyl groups is 1. The highest BCUT2D eigenvalue weighted by Gasteiger charge is 2.31. The summed E-state index contributed by atoms with van der Waals surface area (Å²) in [5.74, 6) is -0.480. The molecule has 0 saturated carbocycles. The Balaban J connectivity index is 1.51. The molecule has 1 heterocycles. The number of ether oxygens (including phenoxy) is 2. The molecule has 2 amide bonds. The number of morpholine rings is 1. The van der Waals surface area contributed by atoms with Crippen LogP contribution in [0.4, 0.5) is 0 Å². The summed E-state index contributed by atoms with van der Waals surface area (Å²) in [6.07, 6.45) is 0.269. The zero-order chi connectivity index (χ0) is 29.1. The minimum absolute atomic E-state index is 0.0632. The van der Waals surface area contributed by atoms with Crippen LogP contribution in [0.1, 0.15) is 11.1 Å². The number of rotatable bonds is 13. The standard InChI is InChI=1S/C30H35N3O7S/c34-18-15-31-30(36)28(21-24-7-3-1-4-8-24)33(22-25-9-5-2-6-10-25)29(35)23-40-26-11-13-27(14-12-26)41(37,38)32-16-19-39-20-17-32/h1-14,28,34H,15-23H2,(H,31,36)/t28-/m1/s1. The number of sulfonamides is 1. The van der Waals surface area contributed by atoms with Crippen LogP contribution in [0.15, 0.2) is 89.8 Å². The van der Waals surface area contributed by atoms with Gasteiger partial charge in [0.1, 0.15) is 11.8 Å². The molecule has 1 saturated heterocycles. The molecule has 1 fully saturated rings. The molecular formula is C30H35N3O7S. The highest BCUT2D eigenvalue weighted by atomic mass is 32.2. The largest absolute Gasteiger partial charge is 0.484 e. The van der Waals surface area contributed by atoms with Crippen LogP contribution in [0.5, 0.6) is 5.75 Å². The zero-order valence-corrected chi connectivity index (χ0v) is 23.5. The van der Waals surface area contributed by atoms with Gasteiger partial charge in [0.25, 0.3) is 5.91 Å². The maximum atomic E-state index is 13.6. The Morgan fingerprint density at radius 2 is 1.54 bits per heavy atom. The van der Waals surface area contributed by atoms with Crippen molar-refractivity contribution in [2.75, 3.05) is 46.1 Å². The van der Waals surface area contributed by atoms with Crippen LogP contribution in [0.25, 0.3) is 0 Å². The Morgan fingerprint density at radius 1 is 0.927 bits per heavy atom. The van der Waals surface area contributed by atoms with Crippen molar-refractivity contribution in [3.8, 4) is 5.75 Å². The average molecular weight is 582 g/mol. The van der Waals surface area contributed by atoms with Gasteiger partial charge in [-0.05, 0) is 35.4 Å². The van der Waals surface area contributed by atoms with Gasteiger partial charge < -0.3 is 24.8 Å². The van der Waals surface area contributed by atoms with E-state index in [4.69, 9.17) is 9.47 Å². The lowest BCUT2D eigenvalue weighted by Gasteiger charge is -2.31. The second kappa shape index (κ2) is 14.7. The molecule has 0 aromatic heterocycles. The number of hydrogen-bond acceptors (Lipinski definition) is 7. The number of hydrogen-bond donors (Lipinski definition) is 2.